The zero-order chi connectivity index (χ0) is 49.2. The molecule has 0 amide bonds. The van der Waals surface area contributed by atoms with Gasteiger partial charge in [0.25, 0.3) is 0 Å². The van der Waals surface area contributed by atoms with Crippen molar-refractivity contribution in [1.29, 1.82) is 0 Å². The third-order valence-electron chi connectivity index (χ3n) is 12.2. The van der Waals surface area contributed by atoms with E-state index in [1.807, 2.05) is 0 Å². The zero-order valence-corrected chi connectivity index (χ0v) is 42.1. The van der Waals surface area contributed by atoms with E-state index in [0.717, 1.165) is 50.9 Å². The highest BCUT2D eigenvalue weighted by atomic mass is 31.2. The average molecular weight is 987 g/mol. The second-order valence-corrected chi connectivity index (χ2v) is 21.0. The lowest BCUT2D eigenvalue weighted by Crippen LogP contribution is -2.30. The molecule has 1 aliphatic rings. The van der Waals surface area contributed by atoms with Crippen LogP contribution in [0.3, 0.4) is 0 Å². The van der Waals surface area contributed by atoms with Crippen LogP contribution in [0.2, 0.25) is 0 Å². The average Bonchev–Trinajstić information content (AvgIpc) is 3.53. The number of unbranched alkanes of at least 4 members (excludes halogenated alkanes) is 16. The van der Waals surface area contributed by atoms with Crippen molar-refractivity contribution < 1.29 is 81.7 Å². The Morgan fingerprint density at radius 2 is 1.15 bits per heavy atom. The van der Waals surface area contributed by atoms with Crippen LogP contribution in [0.15, 0.2) is 12.2 Å². The fourth-order valence-electron chi connectivity index (χ4n) is 7.91. The lowest BCUT2D eigenvalue weighted by Gasteiger charge is -2.21. The summed E-state index contributed by atoms with van der Waals surface area (Å²) in [7, 11) is -9.81. The highest BCUT2D eigenvalue weighted by molar-refractivity contribution is 7.47. The zero-order valence-electron chi connectivity index (χ0n) is 40.3. The molecule has 1 saturated carbocycles. The highest BCUT2D eigenvalue weighted by Crippen LogP contribution is 2.44. The normalized spacial score (nSPS) is 20.5. The molecule has 0 heterocycles. The van der Waals surface area contributed by atoms with Gasteiger partial charge in [-0.1, -0.05) is 148 Å². The Bertz CT molecular complexity index is 1410. The quantitative estimate of drug-likeness (QED) is 0.0130. The first kappa shape index (κ1) is 62.4. The van der Waals surface area contributed by atoms with E-state index in [4.69, 9.17) is 23.8 Å². The maximum Gasteiger partial charge on any atom is 0.472 e. The largest absolute Gasteiger partial charge is 0.472 e. The molecule has 388 valence electrons. The number of esters is 2. The van der Waals surface area contributed by atoms with Gasteiger partial charge in [0.1, 0.15) is 18.5 Å². The van der Waals surface area contributed by atoms with Gasteiger partial charge in [0.15, 0.2) is 6.10 Å². The number of ketones is 1. The minimum atomic E-state index is -4.91. The first-order valence-electron chi connectivity index (χ1n) is 24.9. The van der Waals surface area contributed by atoms with E-state index in [1.54, 1.807) is 12.2 Å². The second-order valence-electron chi connectivity index (χ2n) is 18.3. The van der Waals surface area contributed by atoms with Gasteiger partial charge < -0.3 is 44.6 Å². The van der Waals surface area contributed by atoms with Crippen molar-refractivity contribution in [2.45, 2.75) is 225 Å². The van der Waals surface area contributed by atoms with Crippen molar-refractivity contribution >= 4 is 33.4 Å². The summed E-state index contributed by atoms with van der Waals surface area (Å²) in [5.74, 6) is -1.58. The van der Waals surface area contributed by atoms with E-state index in [-0.39, 0.29) is 44.3 Å². The van der Waals surface area contributed by atoms with Crippen molar-refractivity contribution in [3.63, 3.8) is 0 Å². The van der Waals surface area contributed by atoms with Crippen LogP contribution in [0, 0.1) is 17.8 Å². The van der Waals surface area contributed by atoms with Gasteiger partial charge in [0.2, 0.25) is 0 Å². The molecule has 1 rings (SSSR count). The number of carbonyl (C=O) groups excluding carboxylic acids is 3. The maximum absolute atomic E-state index is 12.9. The second kappa shape index (κ2) is 37.3. The van der Waals surface area contributed by atoms with Gasteiger partial charge in [-0.2, -0.15) is 0 Å². The SMILES string of the molecule is CCCCC[C@H](O)/C=C/[C@@H]1[C@@H](CC(=O)CCCCC(=O)OC[C@H](COP(=O)(O)OC[C@@H](O)COP(=O)(O)O)OC(=O)CCCCCCCCCCCCCCCCC(C)CC)[C@@H](O)C[C@H]1O. The maximum atomic E-state index is 12.9. The van der Waals surface area contributed by atoms with Crippen LogP contribution in [0.25, 0.3) is 0 Å². The van der Waals surface area contributed by atoms with Crippen LogP contribution in [-0.4, -0.2) is 110 Å². The molecule has 0 aliphatic heterocycles. The molecule has 0 aromatic rings. The Labute approximate surface area is 395 Å². The first-order chi connectivity index (χ1) is 31.4. The Morgan fingerprint density at radius 3 is 1.74 bits per heavy atom. The van der Waals surface area contributed by atoms with Gasteiger partial charge in [-0.15, -0.1) is 0 Å². The van der Waals surface area contributed by atoms with E-state index in [0.29, 0.717) is 19.3 Å². The van der Waals surface area contributed by atoms with E-state index < -0.39 is 96.4 Å². The minimum absolute atomic E-state index is 0.0360. The number of hydrogen-bond acceptors (Lipinski definition) is 14. The van der Waals surface area contributed by atoms with Gasteiger partial charge in [-0.3, -0.25) is 28.0 Å². The van der Waals surface area contributed by atoms with Gasteiger partial charge >= 0.3 is 27.6 Å². The molecule has 19 heteroatoms. The van der Waals surface area contributed by atoms with Crippen LogP contribution < -0.4 is 0 Å². The number of phosphoric acid groups is 2. The Hall–Kier alpha value is -1.59. The summed E-state index contributed by atoms with van der Waals surface area (Å²) in [5, 5.41) is 41.1. The number of Topliss-reactive ketones (excluding diaryl/α,β-unsaturated/α-hetero) is 1. The number of rotatable bonds is 43. The van der Waals surface area contributed by atoms with Crippen molar-refractivity contribution in [1.82, 2.24) is 0 Å². The van der Waals surface area contributed by atoms with E-state index in [9.17, 15) is 48.8 Å². The summed E-state index contributed by atoms with van der Waals surface area (Å²) >= 11 is 0. The fourth-order valence-corrected chi connectivity index (χ4v) is 9.07. The standard InChI is InChI=1S/C47H88O17P2/c1-4-6-19-25-38(48)29-30-42-43(45(52)32-44(42)51)31-39(49)26-22-23-27-46(53)60-35-41(36-63-66(58,59)62-34-40(50)33-61-65(55,56)57)64-47(54)28-21-18-16-14-12-10-8-7-9-11-13-15-17-20-24-37(3)5-2/h29-30,37-38,40-45,48,50-52H,4-28,31-36H2,1-3H3,(H,58,59)(H2,55,56,57)/b30-29+/t37?,38-,40-,41+,42+,43+,44+,45-/m0/s1. The molecule has 2 unspecified atom stereocenters. The van der Waals surface area contributed by atoms with Crippen LogP contribution >= 0.6 is 15.6 Å². The first-order valence-corrected chi connectivity index (χ1v) is 28.0. The summed E-state index contributed by atoms with van der Waals surface area (Å²) < 4.78 is 47.8. The van der Waals surface area contributed by atoms with Gasteiger partial charge in [0, 0.05) is 43.9 Å². The van der Waals surface area contributed by atoms with Crippen molar-refractivity contribution in [3.05, 3.63) is 12.2 Å². The number of aliphatic hydroxyl groups is 4. The summed E-state index contributed by atoms with van der Waals surface area (Å²) in [6.45, 7) is 3.61. The number of hydrogen-bond donors (Lipinski definition) is 7. The molecular formula is C47H88O17P2. The minimum Gasteiger partial charge on any atom is -0.462 e. The van der Waals surface area contributed by atoms with Crippen LogP contribution in [-0.2, 0) is 46.6 Å². The smallest absolute Gasteiger partial charge is 0.462 e. The van der Waals surface area contributed by atoms with Crippen LogP contribution in [0.1, 0.15) is 194 Å². The van der Waals surface area contributed by atoms with Crippen molar-refractivity contribution in [3.8, 4) is 0 Å². The third kappa shape index (κ3) is 33.8. The molecule has 1 fully saturated rings. The summed E-state index contributed by atoms with van der Waals surface area (Å²) in [6.07, 6.45) is 21.1. The number of carbonyl (C=O) groups is 3. The molecule has 0 radical (unpaired) electrons. The van der Waals surface area contributed by atoms with Crippen molar-refractivity contribution in [2.24, 2.45) is 17.8 Å². The lowest BCUT2D eigenvalue weighted by molar-refractivity contribution is -0.161. The molecule has 7 N–H and O–H groups in total. The topological polar surface area (TPSA) is 273 Å². The fraction of sp³-hybridized carbons (Fsp3) is 0.894. The molecule has 0 aromatic carbocycles. The summed E-state index contributed by atoms with van der Waals surface area (Å²) in [4.78, 5) is 66.0. The van der Waals surface area contributed by atoms with E-state index >= 15 is 0 Å². The monoisotopic (exact) mass is 987 g/mol. The van der Waals surface area contributed by atoms with Gasteiger partial charge in [-0.05, 0) is 31.6 Å². The molecule has 9 atom stereocenters. The lowest BCUT2D eigenvalue weighted by atomic mass is 9.87. The molecule has 0 spiro atoms. The Balaban J connectivity index is 2.51. The predicted molar refractivity (Wildman–Crippen MR) is 251 cm³/mol. The van der Waals surface area contributed by atoms with E-state index in [1.165, 1.54) is 70.6 Å². The van der Waals surface area contributed by atoms with Crippen LogP contribution in [0.4, 0.5) is 0 Å². The van der Waals surface area contributed by atoms with Crippen LogP contribution in [0.5, 0.6) is 0 Å². The Morgan fingerprint density at radius 1 is 0.636 bits per heavy atom. The third-order valence-corrected chi connectivity index (χ3v) is 13.6. The molecule has 1 aliphatic carbocycles. The summed E-state index contributed by atoms with van der Waals surface area (Å²) in [6, 6.07) is 0. The molecule has 17 nitrogen and oxygen atoms in total. The molecular weight excluding hydrogens is 898 g/mol. The molecule has 0 bridgehead atoms. The van der Waals surface area contributed by atoms with Crippen molar-refractivity contribution in [2.75, 3.05) is 26.4 Å². The number of ether oxygens (including phenoxy) is 2. The van der Waals surface area contributed by atoms with E-state index in [2.05, 4.69) is 29.8 Å². The molecule has 0 aromatic heterocycles. The molecule has 66 heavy (non-hydrogen) atoms. The summed E-state index contributed by atoms with van der Waals surface area (Å²) in [5.41, 5.74) is 0. The molecule has 0 saturated heterocycles. The predicted octanol–water partition coefficient (Wildman–Crippen LogP) is 8.71. The van der Waals surface area contributed by atoms with Gasteiger partial charge in [-0.25, -0.2) is 9.13 Å². The number of phosphoric ester groups is 2. The highest BCUT2D eigenvalue weighted by Gasteiger charge is 2.41. The van der Waals surface area contributed by atoms with Gasteiger partial charge in [0.05, 0.1) is 38.1 Å². The number of aliphatic hydroxyl groups excluding tert-OH is 4. The Kier molecular flexibility index (Phi) is 35.2.